The monoisotopic (exact) mass is 671 g/mol. The van der Waals surface area contributed by atoms with Crippen molar-refractivity contribution in [2.75, 3.05) is 6.54 Å². The number of thiophene rings is 1. The van der Waals surface area contributed by atoms with Crippen LogP contribution < -0.4 is 15.4 Å². The molecule has 2 N–H and O–H groups in total. The summed E-state index contributed by atoms with van der Waals surface area (Å²) in [7, 11) is 0. The smallest absolute Gasteiger partial charge is 0.408 e. The SMILES string of the molecule is O=C[C@]12CC1/C=C\CCCCC[C@@H](NC(=O)OC1CCCC1)C(=O)N1C[C@H](Oc3nc4ccccc4nc3-c3cccs3)C[C@H]1C(=O)N2. The first kappa shape index (κ1) is 32.2. The van der Waals surface area contributed by atoms with Crippen LogP contribution in [0.25, 0.3) is 21.6 Å². The Morgan fingerprint density at radius 3 is 2.56 bits per heavy atom. The molecule has 0 radical (unpaired) electrons. The first-order valence-corrected chi connectivity index (χ1v) is 18.0. The third-order valence-electron chi connectivity index (χ3n) is 9.94. The number of para-hydroxylation sites is 2. The molecule has 1 saturated heterocycles. The maximum atomic E-state index is 14.4. The van der Waals surface area contributed by atoms with Gasteiger partial charge in [-0.1, -0.05) is 43.2 Å². The van der Waals surface area contributed by atoms with Crippen LogP contribution in [-0.4, -0.2) is 75.4 Å². The van der Waals surface area contributed by atoms with Crippen molar-refractivity contribution in [3.63, 3.8) is 0 Å². The van der Waals surface area contributed by atoms with Gasteiger partial charge in [0.15, 0.2) is 0 Å². The highest BCUT2D eigenvalue weighted by Crippen LogP contribution is 2.43. The molecule has 5 atom stereocenters. The predicted molar refractivity (Wildman–Crippen MR) is 180 cm³/mol. The van der Waals surface area contributed by atoms with Crippen molar-refractivity contribution in [3.8, 4) is 16.5 Å². The number of nitrogens with zero attached hydrogens (tertiary/aromatic N) is 3. The summed E-state index contributed by atoms with van der Waals surface area (Å²) in [5.74, 6) is -0.540. The van der Waals surface area contributed by atoms with Crippen molar-refractivity contribution < 1.29 is 28.7 Å². The lowest BCUT2D eigenvalue weighted by Gasteiger charge is -2.29. The first-order valence-electron chi connectivity index (χ1n) is 17.1. The second-order valence-corrected chi connectivity index (χ2v) is 14.3. The molecule has 11 nitrogen and oxygen atoms in total. The Bertz CT molecular complexity index is 1690. The molecule has 3 amide bonds. The molecule has 3 fully saturated rings. The number of alkyl carbamates (subject to hydrolysis) is 1. The molecule has 252 valence electrons. The second kappa shape index (κ2) is 14.0. The van der Waals surface area contributed by atoms with Crippen molar-refractivity contribution in [2.45, 2.75) is 100 Å². The number of aromatic nitrogens is 2. The zero-order chi connectivity index (χ0) is 33.1. The Hall–Kier alpha value is -4.32. The molecule has 2 saturated carbocycles. The van der Waals surface area contributed by atoms with Gasteiger partial charge in [-0.2, -0.15) is 0 Å². The van der Waals surface area contributed by atoms with Gasteiger partial charge in [-0.3, -0.25) is 9.59 Å². The number of rotatable bonds is 6. The molecule has 2 aliphatic carbocycles. The van der Waals surface area contributed by atoms with E-state index < -0.39 is 35.7 Å². The highest BCUT2D eigenvalue weighted by molar-refractivity contribution is 7.13. The van der Waals surface area contributed by atoms with Gasteiger partial charge in [0, 0.05) is 12.3 Å². The number of hydrogen-bond acceptors (Lipinski definition) is 9. The highest BCUT2D eigenvalue weighted by atomic mass is 32.1. The Labute approximate surface area is 283 Å². The molecule has 7 rings (SSSR count). The number of nitrogens with one attached hydrogen (secondary N) is 2. The first-order chi connectivity index (χ1) is 23.4. The minimum absolute atomic E-state index is 0.0809. The number of amides is 3. The summed E-state index contributed by atoms with van der Waals surface area (Å²) in [5, 5.41) is 7.78. The van der Waals surface area contributed by atoms with Gasteiger partial charge in [-0.15, -0.1) is 11.3 Å². The van der Waals surface area contributed by atoms with Gasteiger partial charge in [-0.25, -0.2) is 14.8 Å². The van der Waals surface area contributed by atoms with E-state index in [9.17, 15) is 19.2 Å². The van der Waals surface area contributed by atoms with Crippen LogP contribution in [0.2, 0.25) is 0 Å². The molecule has 0 bridgehead atoms. The Morgan fingerprint density at radius 2 is 1.79 bits per heavy atom. The summed E-state index contributed by atoms with van der Waals surface area (Å²) >= 11 is 1.52. The molecular weight excluding hydrogens is 630 g/mol. The number of carbonyl (C=O) groups excluding carboxylic acids is 4. The van der Waals surface area contributed by atoms with Crippen LogP contribution in [0.4, 0.5) is 4.79 Å². The van der Waals surface area contributed by atoms with Crippen LogP contribution >= 0.6 is 11.3 Å². The summed E-state index contributed by atoms with van der Waals surface area (Å²) in [6.07, 6.45) is 11.7. The topological polar surface area (TPSA) is 140 Å². The average molecular weight is 672 g/mol. The van der Waals surface area contributed by atoms with Gasteiger partial charge in [0.05, 0.1) is 22.5 Å². The van der Waals surface area contributed by atoms with Crippen molar-refractivity contribution >= 4 is 46.6 Å². The van der Waals surface area contributed by atoms with E-state index in [1.807, 2.05) is 47.9 Å². The number of benzene rings is 1. The zero-order valence-electron chi connectivity index (χ0n) is 26.8. The number of ether oxygens (including phenoxy) is 2. The molecule has 2 aromatic heterocycles. The van der Waals surface area contributed by atoms with E-state index in [0.29, 0.717) is 29.9 Å². The molecule has 4 aliphatic rings. The molecule has 2 aliphatic heterocycles. The predicted octanol–water partition coefficient (Wildman–Crippen LogP) is 5.34. The van der Waals surface area contributed by atoms with E-state index in [4.69, 9.17) is 19.4 Å². The summed E-state index contributed by atoms with van der Waals surface area (Å²) in [5.41, 5.74) is 0.999. The quantitative estimate of drug-likeness (QED) is 0.265. The third-order valence-corrected chi connectivity index (χ3v) is 10.8. The number of carbonyl (C=O) groups is 4. The minimum Gasteiger partial charge on any atom is -0.471 e. The van der Waals surface area contributed by atoms with Crippen LogP contribution in [0.1, 0.15) is 70.6 Å². The maximum absolute atomic E-state index is 14.4. The van der Waals surface area contributed by atoms with E-state index in [1.165, 1.54) is 16.2 Å². The highest BCUT2D eigenvalue weighted by Gasteiger charge is 2.56. The van der Waals surface area contributed by atoms with Crippen LogP contribution in [0.3, 0.4) is 0 Å². The largest absolute Gasteiger partial charge is 0.471 e. The molecule has 1 aromatic carbocycles. The number of aldehydes is 1. The van der Waals surface area contributed by atoms with Gasteiger partial charge < -0.3 is 29.8 Å². The maximum Gasteiger partial charge on any atom is 0.408 e. The Morgan fingerprint density at radius 1 is 1.00 bits per heavy atom. The van der Waals surface area contributed by atoms with Crippen molar-refractivity contribution in [1.29, 1.82) is 0 Å². The fraction of sp³-hybridized carbons (Fsp3) is 0.500. The normalized spacial score (nSPS) is 28.8. The molecule has 0 spiro atoms. The van der Waals surface area contributed by atoms with Crippen molar-refractivity contribution in [1.82, 2.24) is 25.5 Å². The van der Waals surface area contributed by atoms with Gasteiger partial charge in [-0.05, 0) is 74.9 Å². The third kappa shape index (κ3) is 6.94. The molecule has 48 heavy (non-hydrogen) atoms. The van der Waals surface area contributed by atoms with Crippen LogP contribution in [0.15, 0.2) is 53.9 Å². The molecule has 3 aromatic rings. The van der Waals surface area contributed by atoms with E-state index in [-0.39, 0.29) is 30.9 Å². The summed E-state index contributed by atoms with van der Waals surface area (Å²) in [4.78, 5) is 65.7. The second-order valence-electron chi connectivity index (χ2n) is 13.4. The van der Waals surface area contributed by atoms with Gasteiger partial charge in [0.1, 0.15) is 41.8 Å². The summed E-state index contributed by atoms with van der Waals surface area (Å²) in [6.45, 7) is 0.0998. The lowest BCUT2D eigenvalue weighted by atomic mass is 10.0. The van der Waals surface area contributed by atoms with E-state index in [0.717, 1.165) is 68.0 Å². The van der Waals surface area contributed by atoms with E-state index >= 15 is 0 Å². The minimum atomic E-state index is -0.986. The van der Waals surface area contributed by atoms with Gasteiger partial charge in [0.2, 0.25) is 17.7 Å². The molecule has 12 heteroatoms. The zero-order valence-corrected chi connectivity index (χ0v) is 27.7. The number of allylic oxidation sites excluding steroid dienone is 1. The summed E-state index contributed by atoms with van der Waals surface area (Å²) < 4.78 is 12.2. The fourth-order valence-electron chi connectivity index (χ4n) is 7.18. The Balaban J connectivity index is 1.18. The summed E-state index contributed by atoms with van der Waals surface area (Å²) in [6, 6.07) is 9.65. The lowest BCUT2D eigenvalue weighted by molar-refractivity contribution is -0.140. The van der Waals surface area contributed by atoms with E-state index in [1.54, 1.807) is 0 Å². The fourth-order valence-corrected chi connectivity index (χ4v) is 7.88. The molecule has 4 heterocycles. The van der Waals surface area contributed by atoms with E-state index in [2.05, 4.69) is 16.7 Å². The average Bonchev–Trinajstić information content (AvgIpc) is 3.60. The lowest BCUT2D eigenvalue weighted by Crippen LogP contribution is -2.55. The van der Waals surface area contributed by atoms with Gasteiger partial charge >= 0.3 is 6.09 Å². The van der Waals surface area contributed by atoms with Crippen molar-refractivity contribution in [3.05, 3.63) is 53.9 Å². The van der Waals surface area contributed by atoms with Crippen LogP contribution in [0.5, 0.6) is 5.88 Å². The Kier molecular flexibility index (Phi) is 9.43. The number of hydrogen-bond donors (Lipinski definition) is 2. The standard InChI is InChI=1S/C36H41N5O6S/c42-22-36-20-23(36)11-4-2-1-3-5-16-28(39-35(45)47-24-12-6-7-13-24)34(44)41-21-25(19-29(41)32(43)40-36)46-33-31(30-17-10-18-48-30)37-26-14-8-9-15-27(26)38-33/h4,8-11,14-15,17-18,22-25,28-29H,1-3,5-7,12-13,16,19-21H2,(H,39,45)(H,40,43)/b11-4-/t23?,25-,28-,29+,36-/m1/s1. The molecular formula is C36H41N5O6S. The van der Waals surface area contributed by atoms with Gasteiger partial charge in [0.25, 0.3) is 0 Å². The van der Waals surface area contributed by atoms with Crippen LogP contribution in [-0.2, 0) is 19.1 Å². The number of fused-ring (bicyclic) bond motifs is 3. The van der Waals surface area contributed by atoms with Crippen LogP contribution in [0, 0.1) is 5.92 Å². The van der Waals surface area contributed by atoms with Crippen molar-refractivity contribution in [2.24, 2.45) is 5.92 Å². The molecule has 1 unspecified atom stereocenters.